The molecule has 0 heterocycles. The van der Waals surface area contributed by atoms with E-state index in [9.17, 15) is 0 Å². The van der Waals surface area contributed by atoms with Crippen LogP contribution in [0, 0.1) is 18.3 Å². The summed E-state index contributed by atoms with van der Waals surface area (Å²) in [5.41, 5.74) is 1.50. The maximum Gasteiger partial charge on any atom is 0.175 e. The SMILES string of the molecule is Cc1c(C(Cl)=NO)ccc(C#N)c1Cl. The van der Waals surface area contributed by atoms with E-state index < -0.39 is 0 Å². The summed E-state index contributed by atoms with van der Waals surface area (Å²) in [5.74, 6) is 0. The zero-order valence-electron chi connectivity index (χ0n) is 7.25. The molecule has 0 saturated carbocycles. The fourth-order valence-corrected chi connectivity index (χ4v) is 1.46. The summed E-state index contributed by atoms with van der Waals surface area (Å²) in [5, 5.41) is 20.3. The van der Waals surface area contributed by atoms with Crippen molar-refractivity contribution in [3.8, 4) is 6.07 Å². The van der Waals surface area contributed by atoms with E-state index in [4.69, 9.17) is 33.7 Å². The summed E-state index contributed by atoms with van der Waals surface area (Å²) in [6, 6.07) is 5.05. The minimum absolute atomic E-state index is 0.0473. The van der Waals surface area contributed by atoms with Crippen LogP contribution in [0.25, 0.3) is 0 Å². The summed E-state index contributed by atoms with van der Waals surface area (Å²) >= 11 is 11.5. The normalized spacial score (nSPS) is 11.1. The van der Waals surface area contributed by atoms with Gasteiger partial charge in [-0.15, -0.1) is 0 Å². The highest BCUT2D eigenvalue weighted by Gasteiger charge is 2.10. The first kappa shape index (κ1) is 10.8. The van der Waals surface area contributed by atoms with Crippen molar-refractivity contribution in [2.24, 2.45) is 5.16 Å². The highest BCUT2D eigenvalue weighted by atomic mass is 35.5. The van der Waals surface area contributed by atoms with E-state index >= 15 is 0 Å². The number of oxime groups is 1. The molecule has 5 heteroatoms. The third-order valence-corrected chi connectivity index (χ3v) is 2.58. The highest BCUT2D eigenvalue weighted by molar-refractivity contribution is 6.69. The van der Waals surface area contributed by atoms with Crippen molar-refractivity contribution in [2.75, 3.05) is 0 Å². The second kappa shape index (κ2) is 4.32. The first-order valence-electron chi connectivity index (χ1n) is 3.69. The van der Waals surface area contributed by atoms with Crippen molar-refractivity contribution >= 4 is 28.4 Å². The summed E-state index contributed by atoms with van der Waals surface area (Å²) in [6.07, 6.45) is 0. The van der Waals surface area contributed by atoms with E-state index in [-0.39, 0.29) is 5.17 Å². The standard InChI is InChI=1S/C9H6Cl2N2O/c1-5-7(9(11)13-14)3-2-6(4-12)8(5)10/h2-3,14H,1H3. The lowest BCUT2D eigenvalue weighted by molar-refractivity contribution is 0.321. The van der Waals surface area contributed by atoms with E-state index in [0.717, 1.165) is 0 Å². The van der Waals surface area contributed by atoms with E-state index in [0.29, 0.717) is 21.7 Å². The Morgan fingerprint density at radius 1 is 1.57 bits per heavy atom. The van der Waals surface area contributed by atoms with Gasteiger partial charge in [0.25, 0.3) is 0 Å². The summed E-state index contributed by atoms with van der Waals surface area (Å²) in [6.45, 7) is 1.70. The van der Waals surface area contributed by atoms with Crippen LogP contribution in [0.2, 0.25) is 5.02 Å². The zero-order valence-corrected chi connectivity index (χ0v) is 8.76. The molecule has 0 aliphatic carbocycles. The van der Waals surface area contributed by atoms with Crippen molar-refractivity contribution in [3.05, 3.63) is 33.8 Å². The molecule has 0 amide bonds. The quantitative estimate of drug-likeness (QED) is 0.457. The van der Waals surface area contributed by atoms with Crippen molar-refractivity contribution in [1.82, 2.24) is 0 Å². The average Bonchev–Trinajstić information content (AvgIpc) is 2.21. The molecule has 14 heavy (non-hydrogen) atoms. The lowest BCUT2D eigenvalue weighted by Gasteiger charge is -2.05. The number of benzene rings is 1. The van der Waals surface area contributed by atoms with E-state index in [1.165, 1.54) is 6.07 Å². The molecule has 3 nitrogen and oxygen atoms in total. The summed E-state index contributed by atoms with van der Waals surface area (Å²) in [7, 11) is 0. The molecule has 1 aromatic carbocycles. The minimum Gasteiger partial charge on any atom is -0.410 e. The van der Waals surface area contributed by atoms with Gasteiger partial charge in [-0.2, -0.15) is 5.26 Å². The number of halogens is 2. The topological polar surface area (TPSA) is 56.4 Å². The molecular weight excluding hydrogens is 223 g/mol. The van der Waals surface area contributed by atoms with E-state index in [2.05, 4.69) is 5.16 Å². The van der Waals surface area contributed by atoms with Gasteiger partial charge in [0.05, 0.1) is 10.6 Å². The Labute approximate surface area is 91.2 Å². The largest absolute Gasteiger partial charge is 0.410 e. The van der Waals surface area contributed by atoms with Gasteiger partial charge in [-0.25, -0.2) is 0 Å². The van der Waals surface area contributed by atoms with Crippen molar-refractivity contribution in [3.63, 3.8) is 0 Å². The third-order valence-electron chi connectivity index (χ3n) is 1.82. The maximum atomic E-state index is 8.68. The molecule has 72 valence electrons. The number of hydrogen-bond acceptors (Lipinski definition) is 3. The Balaban J connectivity index is 3.40. The fourth-order valence-electron chi connectivity index (χ4n) is 1.05. The van der Waals surface area contributed by atoms with Crippen molar-refractivity contribution < 1.29 is 5.21 Å². The first-order chi connectivity index (χ1) is 6.61. The van der Waals surface area contributed by atoms with Crippen LogP contribution in [0.1, 0.15) is 16.7 Å². The Bertz CT molecular complexity index is 435. The predicted octanol–water partition coefficient (Wildman–Crippen LogP) is 2.89. The second-order valence-electron chi connectivity index (χ2n) is 2.60. The molecule has 0 spiro atoms. The zero-order chi connectivity index (χ0) is 10.7. The van der Waals surface area contributed by atoms with Gasteiger partial charge in [0.1, 0.15) is 6.07 Å². The van der Waals surface area contributed by atoms with Gasteiger partial charge in [-0.05, 0) is 18.6 Å². The Morgan fingerprint density at radius 2 is 2.21 bits per heavy atom. The molecule has 0 atom stereocenters. The molecule has 1 rings (SSSR count). The van der Waals surface area contributed by atoms with Gasteiger partial charge in [0, 0.05) is 5.56 Å². The Kier molecular flexibility index (Phi) is 3.34. The number of hydrogen-bond donors (Lipinski definition) is 1. The van der Waals surface area contributed by atoms with Crippen LogP contribution in [0.4, 0.5) is 0 Å². The smallest absolute Gasteiger partial charge is 0.175 e. The molecule has 0 unspecified atom stereocenters. The maximum absolute atomic E-state index is 8.68. The summed E-state index contributed by atoms with van der Waals surface area (Å²) < 4.78 is 0. The van der Waals surface area contributed by atoms with Crippen LogP contribution in [-0.2, 0) is 0 Å². The predicted molar refractivity (Wildman–Crippen MR) is 55.1 cm³/mol. The lowest BCUT2D eigenvalue weighted by atomic mass is 10.1. The first-order valence-corrected chi connectivity index (χ1v) is 4.44. The third kappa shape index (κ3) is 1.82. The fraction of sp³-hybridized carbons (Fsp3) is 0.111. The highest BCUT2D eigenvalue weighted by Crippen LogP contribution is 2.24. The molecule has 1 aromatic rings. The van der Waals surface area contributed by atoms with Crippen LogP contribution in [0.5, 0.6) is 0 Å². The molecule has 0 aliphatic rings. The van der Waals surface area contributed by atoms with Crippen molar-refractivity contribution in [2.45, 2.75) is 6.92 Å². The Morgan fingerprint density at radius 3 is 2.71 bits per heavy atom. The van der Waals surface area contributed by atoms with E-state index in [1.807, 2.05) is 6.07 Å². The van der Waals surface area contributed by atoms with E-state index in [1.54, 1.807) is 13.0 Å². The minimum atomic E-state index is -0.0473. The Hall–Kier alpha value is -1.24. The lowest BCUT2D eigenvalue weighted by Crippen LogP contribution is -1.97. The second-order valence-corrected chi connectivity index (χ2v) is 3.34. The van der Waals surface area contributed by atoms with Crippen LogP contribution >= 0.6 is 23.2 Å². The van der Waals surface area contributed by atoms with Gasteiger partial charge in [-0.3, -0.25) is 0 Å². The summed E-state index contributed by atoms with van der Waals surface area (Å²) in [4.78, 5) is 0. The monoisotopic (exact) mass is 228 g/mol. The average molecular weight is 229 g/mol. The molecular formula is C9H6Cl2N2O. The van der Waals surface area contributed by atoms with Gasteiger partial charge >= 0.3 is 0 Å². The molecule has 1 N–H and O–H groups in total. The van der Waals surface area contributed by atoms with Gasteiger partial charge in [0.15, 0.2) is 5.17 Å². The molecule has 0 fully saturated rings. The van der Waals surface area contributed by atoms with Gasteiger partial charge in [-0.1, -0.05) is 34.4 Å². The van der Waals surface area contributed by atoms with Crippen LogP contribution in [0.3, 0.4) is 0 Å². The molecule has 0 aromatic heterocycles. The molecule has 0 saturated heterocycles. The van der Waals surface area contributed by atoms with Crippen LogP contribution < -0.4 is 0 Å². The van der Waals surface area contributed by atoms with Crippen LogP contribution in [0.15, 0.2) is 17.3 Å². The molecule has 0 aliphatic heterocycles. The number of nitriles is 1. The molecule has 0 radical (unpaired) electrons. The van der Waals surface area contributed by atoms with Gasteiger partial charge < -0.3 is 5.21 Å². The van der Waals surface area contributed by atoms with Crippen LogP contribution in [-0.4, -0.2) is 10.4 Å². The number of nitrogens with zero attached hydrogens (tertiary/aromatic N) is 2. The van der Waals surface area contributed by atoms with Crippen molar-refractivity contribution in [1.29, 1.82) is 5.26 Å². The number of rotatable bonds is 1. The van der Waals surface area contributed by atoms with Gasteiger partial charge in [0.2, 0.25) is 0 Å². The molecule has 0 bridgehead atoms.